The van der Waals surface area contributed by atoms with Crippen molar-refractivity contribution in [1.82, 2.24) is 18.3 Å². The SMILES string of the molecule is CCCc1ccccc1-c1ccc2c(c1)c1ccc3c4ccccc4sc3c1n2-c1c(C#N)c(-n2c3ccccc3c3ccccc32)c(-n2c3ccccc3c3ccccc32)c(C#N)c1-n1c2ccccc2c2ccccc21. The van der Waals surface area contributed by atoms with E-state index in [1.54, 1.807) is 11.3 Å². The van der Waals surface area contributed by atoms with Crippen molar-refractivity contribution in [3.63, 3.8) is 0 Å². The fraction of sp³-hybridized carbons (Fsp3) is 0.0423. The van der Waals surface area contributed by atoms with E-state index in [-0.39, 0.29) is 0 Å². The first kappa shape index (κ1) is 44.1. The molecule has 0 radical (unpaired) electrons. The molecule has 6 nitrogen and oxygen atoms in total. The van der Waals surface area contributed by atoms with Crippen LogP contribution in [-0.2, 0) is 6.42 Å². The van der Waals surface area contributed by atoms with E-state index in [0.717, 1.165) is 116 Å². The number of benzene rings is 11. The molecule has 78 heavy (non-hydrogen) atoms. The van der Waals surface area contributed by atoms with Gasteiger partial charge in [0, 0.05) is 58.6 Å². The van der Waals surface area contributed by atoms with Crippen molar-refractivity contribution in [2.24, 2.45) is 0 Å². The van der Waals surface area contributed by atoms with Gasteiger partial charge in [0.2, 0.25) is 0 Å². The van der Waals surface area contributed by atoms with Crippen LogP contribution in [-0.4, -0.2) is 18.3 Å². The number of thiophene rings is 1. The summed E-state index contributed by atoms with van der Waals surface area (Å²) in [6.45, 7) is 2.24. The Morgan fingerprint density at radius 1 is 0.359 bits per heavy atom. The predicted molar refractivity (Wildman–Crippen MR) is 326 cm³/mol. The van der Waals surface area contributed by atoms with Gasteiger partial charge in [-0.15, -0.1) is 11.3 Å². The Balaban J connectivity index is 1.21. The van der Waals surface area contributed by atoms with E-state index in [2.05, 4.69) is 262 Å². The Kier molecular flexibility index (Phi) is 9.57. The fourth-order valence-corrected chi connectivity index (χ4v) is 14.5. The van der Waals surface area contributed by atoms with Crippen LogP contribution in [0.25, 0.3) is 141 Å². The van der Waals surface area contributed by atoms with Crippen molar-refractivity contribution < 1.29 is 0 Å². The van der Waals surface area contributed by atoms with E-state index in [1.807, 2.05) is 0 Å². The fourth-order valence-electron chi connectivity index (χ4n) is 13.2. The monoisotopic (exact) mass is 1010 g/mol. The summed E-state index contributed by atoms with van der Waals surface area (Å²) in [5, 5.41) is 36.4. The lowest BCUT2D eigenvalue weighted by Gasteiger charge is -2.27. The van der Waals surface area contributed by atoms with Crippen molar-refractivity contribution in [2.75, 3.05) is 0 Å². The average molecular weight is 1010 g/mol. The summed E-state index contributed by atoms with van der Waals surface area (Å²) in [6.07, 6.45) is 2.00. The predicted octanol–water partition coefficient (Wildman–Crippen LogP) is 18.8. The number of rotatable bonds is 7. The van der Waals surface area contributed by atoms with E-state index in [4.69, 9.17) is 0 Å². The van der Waals surface area contributed by atoms with Crippen LogP contribution in [0.1, 0.15) is 30.0 Å². The molecule has 0 N–H and O–H groups in total. The van der Waals surface area contributed by atoms with Gasteiger partial charge < -0.3 is 18.3 Å². The first-order chi connectivity index (χ1) is 38.6. The number of aromatic nitrogens is 4. The Bertz CT molecular complexity index is 5170. The minimum absolute atomic E-state index is 0.433. The molecule has 0 aliphatic carbocycles. The second-order valence-electron chi connectivity index (χ2n) is 20.4. The number of hydrogen-bond donors (Lipinski definition) is 0. The number of fused-ring (bicyclic) bond motifs is 16. The molecule has 0 spiro atoms. The standard InChI is InChI=1S/C71H44N6S/c1-2-19-43-20-3-4-21-45(43)44-36-39-64-55(40-44)53-37-38-54-52-28-11-18-35-65(52)78-71(54)70(53)77(64)69-57(42-73)67(75-60-31-14-7-24-48(60)49-25-8-15-32-61(49)75)66(74-58-29-12-5-22-46(58)47-23-6-13-30-59(47)74)56(41-72)68(69)76-62-33-16-9-26-50(62)51-27-10-17-34-63(51)76/h3-18,20-40H,2,19H2,1H3. The summed E-state index contributed by atoms with van der Waals surface area (Å²) in [7, 11) is 0. The number of aryl methyl sites for hydroxylation is 1. The highest BCUT2D eigenvalue weighted by Crippen LogP contribution is 2.51. The first-order valence-electron chi connectivity index (χ1n) is 26.6. The lowest BCUT2D eigenvalue weighted by Crippen LogP contribution is -2.16. The number of hydrogen-bond acceptors (Lipinski definition) is 3. The van der Waals surface area contributed by atoms with E-state index in [1.165, 1.54) is 21.2 Å². The molecule has 5 heterocycles. The second-order valence-corrected chi connectivity index (χ2v) is 21.4. The van der Waals surface area contributed by atoms with Crippen LogP contribution in [0, 0.1) is 22.7 Å². The highest BCUT2D eigenvalue weighted by atomic mass is 32.1. The van der Waals surface area contributed by atoms with Crippen molar-refractivity contribution in [1.29, 1.82) is 10.5 Å². The number of para-hydroxylation sites is 6. The summed E-state index contributed by atoms with van der Waals surface area (Å²) in [6, 6.07) is 85.7. The number of nitrogens with zero attached hydrogens (tertiary/aromatic N) is 6. The summed E-state index contributed by atoms with van der Waals surface area (Å²) >= 11 is 1.78. The Morgan fingerprint density at radius 2 is 0.744 bits per heavy atom. The molecule has 0 bridgehead atoms. The molecule has 0 aliphatic rings. The van der Waals surface area contributed by atoms with Gasteiger partial charge in [0.05, 0.1) is 71.6 Å². The van der Waals surface area contributed by atoms with Gasteiger partial charge >= 0.3 is 0 Å². The van der Waals surface area contributed by atoms with Gasteiger partial charge in [0.15, 0.2) is 0 Å². The molecule has 7 heteroatoms. The van der Waals surface area contributed by atoms with Crippen LogP contribution in [0.15, 0.2) is 224 Å². The van der Waals surface area contributed by atoms with Gasteiger partial charge in [0.25, 0.3) is 0 Å². The molecule has 16 aromatic rings. The quantitative estimate of drug-likeness (QED) is 0.160. The molecule has 364 valence electrons. The van der Waals surface area contributed by atoms with Crippen molar-refractivity contribution >= 4 is 119 Å². The maximum Gasteiger partial charge on any atom is 0.104 e. The average Bonchev–Trinajstić information content (AvgIpc) is 4.48. The third-order valence-corrected chi connectivity index (χ3v) is 17.6. The van der Waals surface area contributed by atoms with Crippen LogP contribution in [0.4, 0.5) is 0 Å². The third kappa shape index (κ3) is 5.99. The molecule has 5 aromatic heterocycles. The smallest absolute Gasteiger partial charge is 0.104 e. The van der Waals surface area contributed by atoms with Gasteiger partial charge in [0.1, 0.15) is 23.3 Å². The summed E-state index contributed by atoms with van der Waals surface area (Å²) in [4.78, 5) is 0. The van der Waals surface area contributed by atoms with Gasteiger partial charge in [-0.3, -0.25) is 0 Å². The van der Waals surface area contributed by atoms with Gasteiger partial charge in [-0.2, -0.15) is 10.5 Å². The minimum atomic E-state index is 0.433. The lowest BCUT2D eigenvalue weighted by molar-refractivity contribution is 0.924. The molecule has 0 amide bonds. The molecule has 0 saturated heterocycles. The maximum atomic E-state index is 12.9. The zero-order chi connectivity index (χ0) is 51.8. The largest absolute Gasteiger partial charge is 0.306 e. The summed E-state index contributed by atoms with van der Waals surface area (Å²) in [5.41, 5.74) is 14.6. The van der Waals surface area contributed by atoms with E-state index >= 15 is 0 Å². The Hall–Kier alpha value is -10.2. The van der Waals surface area contributed by atoms with Crippen LogP contribution < -0.4 is 0 Å². The van der Waals surface area contributed by atoms with Crippen LogP contribution >= 0.6 is 11.3 Å². The second kappa shape index (κ2) is 16.9. The van der Waals surface area contributed by atoms with E-state index in [9.17, 15) is 10.5 Å². The van der Waals surface area contributed by atoms with Gasteiger partial charge in [-0.1, -0.05) is 183 Å². The zero-order valence-corrected chi connectivity index (χ0v) is 43.2. The molecule has 0 fully saturated rings. The minimum Gasteiger partial charge on any atom is -0.306 e. The van der Waals surface area contributed by atoms with E-state index in [0.29, 0.717) is 33.9 Å². The van der Waals surface area contributed by atoms with Crippen LogP contribution in [0.2, 0.25) is 0 Å². The van der Waals surface area contributed by atoms with Crippen molar-refractivity contribution in [3.8, 4) is 46.0 Å². The first-order valence-corrected chi connectivity index (χ1v) is 27.4. The highest BCUT2D eigenvalue weighted by molar-refractivity contribution is 7.26. The van der Waals surface area contributed by atoms with E-state index < -0.39 is 0 Å². The van der Waals surface area contributed by atoms with Gasteiger partial charge in [-0.05, 0) is 77.7 Å². The normalized spacial score (nSPS) is 12.0. The van der Waals surface area contributed by atoms with Crippen LogP contribution in [0.3, 0.4) is 0 Å². The molecule has 16 rings (SSSR count). The molecule has 0 atom stereocenters. The molecule has 11 aromatic carbocycles. The number of nitriles is 2. The van der Waals surface area contributed by atoms with Crippen molar-refractivity contribution in [3.05, 3.63) is 241 Å². The Morgan fingerprint density at radius 3 is 1.21 bits per heavy atom. The lowest BCUT2D eigenvalue weighted by atomic mass is 9.95. The summed E-state index contributed by atoms with van der Waals surface area (Å²) < 4.78 is 11.5. The summed E-state index contributed by atoms with van der Waals surface area (Å²) in [5.74, 6) is 0. The van der Waals surface area contributed by atoms with Crippen molar-refractivity contribution in [2.45, 2.75) is 19.8 Å². The van der Waals surface area contributed by atoms with Crippen LogP contribution in [0.5, 0.6) is 0 Å². The maximum absolute atomic E-state index is 12.9. The molecular weight excluding hydrogens is 969 g/mol. The topological polar surface area (TPSA) is 67.3 Å². The molecule has 0 aliphatic heterocycles. The van der Waals surface area contributed by atoms with Gasteiger partial charge in [-0.25, -0.2) is 0 Å². The molecular formula is C71H44N6S. The third-order valence-electron chi connectivity index (χ3n) is 16.4. The zero-order valence-electron chi connectivity index (χ0n) is 42.4. The highest BCUT2D eigenvalue weighted by Gasteiger charge is 2.35. The molecule has 0 unspecified atom stereocenters. The molecule has 0 saturated carbocycles. The Labute approximate surface area is 451 Å².